The Hall–Kier alpha value is 3.62. The molecule has 1 fully saturated rings. The van der Waals surface area contributed by atoms with Gasteiger partial charge in [-0.2, -0.15) is 0 Å². The van der Waals surface area contributed by atoms with Crippen LogP contribution in [0.2, 0.25) is 0 Å². The predicted molar refractivity (Wildman–Crippen MR) is 90.0 cm³/mol. The molecule has 0 spiro atoms. The fourth-order valence-corrected chi connectivity index (χ4v) is 22.5. The molecular weight excluding hydrogens is 620 g/mol. The summed E-state index contributed by atoms with van der Waals surface area (Å²) >= 11 is 10.7. The van der Waals surface area contributed by atoms with Crippen LogP contribution < -0.4 is 0 Å². The molecular formula is C4H8I4S2. The van der Waals surface area contributed by atoms with Gasteiger partial charge < -0.3 is 0 Å². The van der Waals surface area contributed by atoms with Crippen LogP contribution in [0.15, 0.2) is 0 Å². The Morgan fingerprint density at radius 2 is 1.70 bits per heavy atom. The number of rotatable bonds is 2. The zero-order valence-corrected chi connectivity index (χ0v) is 15.6. The summed E-state index contributed by atoms with van der Waals surface area (Å²) in [5.74, 6) is 0. The van der Waals surface area contributed by atoms with Gasteiger partial charge in [0.2, 0.25) is 0 Å². The van der Waals surface area contributed by atoms with E-state index in [0.29, 0.717) is 0 Å². The minimum absolute atomic E-state index is 0.937. The van der Waals surface area contributed by atoms with Gasteiger partial charge in [0, 0.05) is 0 Å². The van der Waals surface area contributed by atoms with Crippen molar-refractivity contribution in [3.8, 4) is 0 Å². The minimum atomic E-state index is -1.59. The van der Waals surface area contributed by atoms with Crippen LogP contribution >= 0.6 is 91.6 Å². The highest BCUT2D eigenvalue weighted by Crippen LogP contribution is 3.33. The van der Waals surface area contributed by atoms with Crippen molar-refractivity contribution < 1.29 is 0 Å². The second kappa shape index (κ2) is 2.81. The Kier molecular flexibility index (Phi) is 3.29. The van der Waals surface area contributed by atoms with E-state index < -0.39 is -3.99 Å². The van der Waals surface area contributed by atoms with Gasteiger partial charge in [0.1, 0.15) is 0 Å². The van der Waals surface area contributed by atoms with E-state index >= 15 is 0 Å². The first-order chi connectivity index (χ1) is 4.18. The van der Waals surface area contributed by atoms with Gasteiger partial charge in [-0.25, -0.2) is 0 Å². The average molecular weight is 628 g/mol. The molecule has 1 aliphatic heterocycles. The van der Waals surface area contributed by atoms with E-state index in [0.717, 1.165) is 4.58 Å². The molecule has 1 unspecified atom stereocenters. The first-order valence-corrected chi connectivity index (χ1v) is 17.0. The SMILES string of the molecule is CCCC1SS1(I)(I)(I)I. The second-order valence-corrected chi connectivity index (χ2v) is 74.0. The normalized spacial score (nSPS) is 45.9. The van der Waals surface area contributed by atoms with E-state index in [1.165, 1.54) is 12.8 Å². The summed E-state index contributed by atoms with van der Waals surface area (Å²) in [5.41, 5.74) is 0. The van der Waals surface area contributed by atoms with Crippen LogP contribution in [0.4, 0.5) is 0 Å². The molecule has 0 aromatic rings. The van der Waals surface area contributed by atoms with Crippen molar-refractivity contribution in [2.24, 2.45) is 0 Å². The Bertz CT molecular complexity index is 168. The molecule has 0 aromatic heterocycles. The molecule has 6 heteroatoms. The van der Waals surface area contributed by atoms with E-state index in [1.54, 1.807) is 0 Å². The van der Waals surface area contributed by atoms with E-state index in [4.69, 9.17) is 0 Å². The lowest BCUT2D eigenvalue weighted by molar-refractivity contribution is 0.880. The van der Waals surface area contributed by atoms with Crippen molar-refractivity contribution in [1.29, 1.82) is 0 Å². The fourth-order valence-electron chi connectivity index (χ4n) is 0.712. The van der Waals surface area contributed by atoms with Gasteiger partial charge >= 0.3 is 0 Å². The largest absolute Gasteiger partial charge is 0.0790 e. The van der Waals surface area contributed by atoms with Crippen molar-refractivity contribution in [2.75, 3.05) is 0 Å². The lowest BCUT2D eigenvalue weighted by Crippen LogP contribution is -1.87. The third kappa shape index (κ3) is 2.80. The molecule has 0 aliphatic carbocycles. The fraction of sp³-hybridized carbons (Fsp3) is 1.00. The summed E-state index contributed by atoms with van der Waals surface area (Å²) in [6.07, 6.45) is 2.72. The van der Waals surface area contributed by atoms with Crippen molar-refractivity contribution in [3.05, 3.63) is 0 Å². The molecule has 1 saturated heterocycles. The van der Waals surface area contributed by atoms with Crippen LogP contribution in [0.5, 0.6) is 0 Å². The van der Waals surface area contributed by atoms with Crippen LogP contribution in [0.1, 0.15) is 19.8 Å². The van der Waals surface area contributed by atoms with Gasteiger partial charge in [0.25, 0.3) is 0 Å². The third-order valence-corrected chi connectivity index (χ3v) is 25.7. The van der Waals surface area contributed by atoms with Crippen LogP contribution in [0.3, 0.4) is 0 Å². The molecule has 0 bridgehead atoms. The molecule has 1 atom stereocenters. The monoisotopic (exact) mass is 628 g/mol. The van der Waals surface area contributed by atoms with Crippen LogP contribution in [-0.2, 0) is 0 Å². The van der Waals surface area contributed by atoms with Crippen molar-refractivity contribution in [3.63, 3.8) is 0 Å². The molecule has 0 amide bonds. The molecule has 0 aromatic carbocycles. The molecule has 0 saturated carbocycles. The minimum Gasteiger partial charge on any atom is -0.0790 e. The number of hydrogen-bond donors (Lipinski definition) is 0. The number of hydrogen-bond acceptors (Lipinski definition) is 1. The topological polar surface area (TPSA) is 0 Å². The first kappa shape index (κ1) is 11.7. The summed E-state index contributed by atoms with van der Waals surface area (Å²) in [6.45, 7) is 2.27. The summed E-state index contributed by atoms with van der Waals surface area (Å²) in [6, 6.07) is 0. The van der Waals surface area contributed by atoms with E-state index in [-0.39, 0.29) is 0 Å². The molecule has 1 aliphatic rings. The van der Waals surface area contributed by atoms with E-state index in [1.807, 2.05) is 0 Å². The molecule has 0 nitrogen and oxygen atoms in total. The summed E-state index contributed by atoms with van der Waals surface area (Å²) in [7, 11) is 2.19. The highest BCUT2D eigenvalue weighted by Gasteiger charge is 2.74. The highest BCUT2D eigenvalue weighted by atomic mass is 127. The maximum atomic E-state index is 2.68. The van der Waals surface area contributed by atoms with Gasteiger partial charge in [-0.15, -0.1) is 0 Å². The molecule has 10 heavy (non-hydrogen) atoms. The van der Waals surface area contributed by atoms with Crippen LogP contribution in [-0.4, -0.2) is 4.58 Å². The maximum Gasteiger partial charge on any atom is 0.0701 e. The zero-order valence-electron chi connectivity index (χ0n) is 5.32. The smallest absolute Gasteiger partial charge is 0.0701 e. The Balaban J connectivity index is 2.65. The van der Waals surface area contributed by atoms with Crippen LogP contribution in [0, 0.1) is 0 Å². The van der Waals surface area contributed by atoms with E-state index in [9.17, 15) is 0 Å². The van der Waals surface area contributed by atoms with Gasteiger partial charge in [0.05, 0.1) is 4.58 Å². The molecule has 1 rings (SSSR count). The van der Waals surface area contributed by atoms with Gasteiger partial charge in [-0.3, -0.25) is 0 Å². The molecule has 0 N–H and O–H groups in total. The predicted octanol–water partition coefficient (Wildman–Crippen LogP) is 6.05. The first-order valence-electron chi connectivity index (χ1n) is 2.87. The lowest BCUT2D eigenvalue weighted by atomic mass is 10.4. The van der Waals surface area contributed by atoms with Crippen molar-refractivity contribution >= 4 is 91.6 Å². The van der Waals surface area contributed by atoms with Crippen molar-refractivity contribution in [1.82, 2.24) is 0 Å². The number of halogens is 4. The Labute approximate surface area is 113 Å². The molecule has 0 radical (unpaired) electrons. The van der Waals surface area contributed by atoms with E-state index in [2.05, 4.69) is 103 Å². The Morgan fingerprint density at radius 3 is 1.80 bits per heavy atom. The van der Waals surface area contributed by atoms with Gasteiger partial charge in [-0.1, -0.05) is 20.1 Å². The quantitative estimate of drug-likeness (QED) is 0.204. The summed E-state index contributed by atoms with van der Waals surface area (Å²) in [4.78, 5) is 0. The maximum absolute atomic E-state index is 2.68. The third-order valence-electron chi connectivity index (χ3n) is 1.30. The standard InChI is InChI=1S/C4H8I4S2/c1-2-3-4-9-10(4,5,6,7)8/h4H,2-3H2,1H3. The van der Waals surface area contributed by atoms with Crippen molar-refractivity contribution in [2.45, 2.75) is 24.3 Å². The Morgan fingerprint density at radius 1 is 1.30 bits per heavy atom. The van der Waals surface area contributed by atoms with Gasteiger partial charge in [0.15, 0.2) is 0 Å². The lowest BCUT2D eigenvalue weighted by Gasteiger charge is -2.39. The second-order valence-electron chi connectivity index (χ2n) is 2.37. The zero-order chi connectivity index (χ0) is 8.11. The van der Waals surface area contributed by atoms with Gasteiger partial charge in [-0.05, 0) is 91.2 Å². The van der Waals surface area contributed by atoms with Crippen LogP contribution in [0.25, 0.3) is 0 Å². The molecule has 1 heterocycles. The highest BCUT2D eigenvalue weighted by molar-refractivity contribution is 14.6. The average Bonchev–Trinajstić information content (AvgIpc) is 2.03. The molecule has 64 valence electrons. The summed E-state index contributed by atoms with van der Waals surface area (Å²) in [5, 5.41) is 0. The summed E-state index contributed by atoms with van der Waals surface area (Å²) < 4.78 is -0.656.